The van der Waals surface area contributed by atoms with E-state index in [0.717, 1.165) is 0 Å². The Morgan fingerprint density at radius 3 is 2.76 bits per heavy atom. The number of aliphatic hydroxyl groups excluding tert-OH is 1. The van der Waals surface area contributed by atoms with Gasteiger partial charge in [-0.05, 0) is 18.6 Å². The molecule has 0 saturated carbocycles. The minimum Gasteiger partial charge on any atom is -0.454 e. The van der Waals surface area contributed by atoms with Crippen LogP contribution in [0.2, 0.25) is 0 Å². The number of hydrogen-bond acceptors (Lipinski definition) is 4. The predicted octanol–water partition coefficient (Wildman–Crippen LogP) is 1.74. The average molecular weight is 245 g/mol. The second-order valence-corrected chi connectivity index (χ2v) is 3.76. The number of hydrogen-bond donors (Lipinski definition) is 2. The summed E-state index contributed by atoms with van der Waals surface area (Å²) >= 11 is 0. The van der Waals surface area contributed by atoms with E-state index in [1.807, 2.05) is 0 Å². The van der Waals surface area contributed by atoms with E-state index in [-0.39, 0.29) is 31.1 Å². The van der Waals surface area contributed by atoms with Crippen molar-refractivity contribution < 1.29 is 23.4 Å². The first kappa shape index (κ1) is 12.1. The molecule has 1 unspecified atom stereocenters. The average Bonchev–Trinajstić information content (AvgIpc) is 2.75. The zero-order chi connectivity index (χ0) is 12.4. The maximum atomic E-state index is 12.7. The third-order valence-corrected chi connectivity index (χ3v) is 2.62. The topological polar surface area (TPSA) is 64.7 Å². The molecule has 0 fully saturated rings. The van der Waals surface area contributed by atoms with Gasteiger partial charge in [0, 0.05) is 23.8 Å². The van der Waals surface area contributed by atoms with Crippen LogP contribution in [-0.4, -0.2) is 18.5 Å². The van der Waals surface area contributed by atoms with Crippen LogP contribution >= 0.6 is 0 Å². The molecule has 0 spiro atoms. The van der Waals surface area contributed by atoms with E-state index < -0.39 is 12.5 Å². The third-order valence-electron chi connectivity index (χ3n) is 2.62. The number of halogens is 2. The van der Waals surface area contributed by atoms with Crippen molar-refractivity contribution in [3.8, 4) is 11.5 Å². The molecule has 1 aromatic rings. The van der Waals surface area contributed by atoms with Gasteiger partial charge in [-0.2, -0.15) is 0 Å². The summed E-state index contributed by atoms with van der Waals surface area (Å²) < 4.78 is 35.6. The van der Waals surface area contributed by atoms with Crippen molar-refractivity contribution in [1.82, 2.24) is 0 Å². The van der Waals surface area contributed by atoms with Crippen LogP contribution in [0, 0.1) is 0 Å². The Morgan fingerprint density at radius 2 is 2.12 bits per heavy atom. The van der Waals surface area contributed by atoms with Gasteiger partial charge in [-0.1, -0.05) is 0 Å². The number of rotatable bonds is 4. The number of nitrogens with two attached hydrogens (primary N) is 1. The first-order valence-corrected chi connectivity index (χ1v) is 5.21. The smallest absolute Gasteiger partial charge is 0.263 e. The van der Waals surface area contributed by atoms with Crippen molar-refractivity contribution >= 4 is 0 Å². The zero-order valence-corrected chi connectivity index (χ0v) is 9.03. The predicted molar refractivity (Wildman–Crippen MR) is 56.2 cm³/mol. The van der Waals surface area contributed by atoms with Gasteiger partial charge in [0.15, 0.2) is 11.5 Å². The van der Waals surface area contributed by atoms with Gasteiger partial charge < -0.3 is 20.3 Å². The highest BCUT2D eigenvalue weighted by atomic mass is 19.3. The Hall–Kier alpha value is -1.40. The lowest BCUT2D eigenvalue weighted by Gasteiger charge is -2.14. The van der Waals surface area contributed by atoms with Crippen LogP contribution in [-0.2, 0) is 0 Å². The molecule has 1 aliphatic heterocycles. The molecule has 0 saturated heterocycles. The number of aliphatic hydroxyl groups is 1. The Bertz CT molecular complexity index is 412. The van der Waals surface area contributed by atoms with E-state index in [2.05, 4.69) is 0 Å². The van der Waals surface area contributed by atoms with Crippen molar-refractivity contribution in [1.29, 1.82) is 0 Å². The van der Waals surface area contributed by atoms with E-state index in [1.54, 1.807) is 0 Å². The second kappa shape index (κ2) is 4.85. The number of fused-ring (bicyclic) bond motifs is 1. The highest BCUT2D eigenvalue weighted by Gasteiger charge is 2.24. The monoisotopic (exact) mass is 245 g/mol. The number of alkyl halides is 2. The molecule has 2 rings (SSSR count). The standard InChI is InChI=1S/C11H13F2NO3/c12-11(13)6-3-7(8(14)1-2-15)10-9(4-6)16-5-17-10/h3-4,8,11,15H,1-2,5,14H2. The van der Waals surface area contributed by atoms with Gasteiger partial charge in [0.05, 0.1) is 0 Å². The quantitative estimate of drug-likeness (QED) is 0.848. The van der Waals surface area contributed by atoms with Crippen molar-refractivity contribution in [3.05, 3.63) is 23.3 Å². The third kappa shape index (κ3) is 2.32. The Labute approximate surface area is 96.9 Å². The zero-order valence-electron chi connectivity index (χ0n) is 9.03. The number of ether oxygens (including phenoxy) is 2. The Morgan fingerprint density at radius 1 is 1.35 bits per heavy atom. The lowest BCUT2D eigenvalue weighted by atomic mass is 10.0. The molecule has 1 aliphatic rings. The van der Waals surface area contributed by atoms with Crippen LogP contribution in [0.4, 0.5) is 8.78 Å². The fraction of sp³-hybridized carbons (Fsp3) is 0.455. The largest absolute Gasteiger partial charge is 0.454 e. The van der Waals surface area contributed by atoms with Crippen LogP contribution in [0.5, 0.6) is 11.5 Å². The van der Waals surface area contributed by atoms with Gasteiger partial charge in [0.1, 0.15) is 0 Å². The van der Waals surface area contributed by atoms with Gasteiger partial charge in [-0.25, -0.2) is 8.78 Å². The molecule has 0 amide bonds. The molecule has 1 atom stereocenters. The highest BCUT2D eigenvalue weighted by molar-refractivity contribution is 5.52. The Kier molecular flexibility index (Phi) is 3.44. The van der Waals surface area contributed by atoms with E-state index in [0.29, 0.717) is 11.3 Å². The van der Waals surface area contributed by atoms with Crippen LogP contribution in [0.15, 0.2) is 12.1 Å². The molecule has 0 radical (unpaired) electrons. The minimum atomic E-state index is -2.59. The molecule has 6 heteroatoms. The van der Waals surface area contributed by atoms with E-state index >= 15 is 0 Å². The normalized spacial score (nSPS) is 15.4. The lowest BCUT2D eigenvalue weighted by molar-refractivity contribution is 0.150. The molecular formula is C11H13F2NO3. The maximum Gasteiger partial charge on any atom is 0.263 e. The summed E-state index contributed by atoms with van der Waals surface area (Å²) in [6, 6.07) is 2.01. The minimum absolute atomic E-state index is 0.000863. The summed E-state index contributed by atoms with van der Waals surface area (Å²) in [5.41, 5.74) is 6.10. The Balaban J connectivity index is 2.42. The molecule has 0 bridgehead atoms. The molecule has 0 aromatic heterocycles. The van der Waals surface area contributed by atoms with Crippen LogP contribution in [0.25, 0.3) is 0 Å². The first-order valence-electron chi connectivity index (χ1n) is 5.21. The first-order chi connectivity index (χ1) is 8.13. The molecule has 94 valence electrons. The van der Waals surface area contributed by atoms with Gasteiger partial charge in [0.2, 0.25) is 6.79 Å². The molecular weight excluding hydrogens is 232 g/mol. The molecule has 1 heterocycles. The fourth-order valence-corrected chi connectivity index (χ4v) is 1.76. The second-order valence-electron chi connectivity index (χ2n) is 3.76. The molecule has 1 aromatic carbocycles. The lowest BCUT2D eigenvalue weighted by Crippen LogP contribution is -2.13. The number of benzene rings is 1. The van der Waals surface area contributed by atoms with Crippen molar-refractivity contribution in [2.75, 3.05) is 13.4 Å². The fourth-order valence-electron chi connectivity index (χ4n) is 1.76. The maximum absolute atomic E-state index is 12.7. The summed E-state index contributed by atoms with van der Waals surface area (Å²) in [5.74, 6) is 0.682. The van der Waals surface area contributed by atoms with E-state index in [4.69, 9.17) is 20.3 Å². The van der Waals surface area contributed by atoms with E-state index in [1.165, 1.54) is 12.1 Å². The van der Waals surface area contributed by atoms with Crippen LogP contribution < -0.4 is 15.2 Å². The summed E-state index contributed by atoms with van der Waals surface area (Å²) in [6.45, 7) is -0.115. The molecule has 4 nitrogen and oxygen atoms in total. The molecule has 3 N–H and O–H groups in total. The van der Waals surface area contributed by atoms with Gasteiger partial charge in [-0.15, -0.1) is 0 Å². The van der Waals surface area contributed by atoms with Gasteiger partial charge in [-0.3, -0.25) is 0 Å². The summed E-state index contributed by atoms with van der Waals surface area (Å²) in [4.78, 5) is 0. The highest BCUT2D eigenvalue weighted by Crippen LogP contribution is 2.41. The van der Waals surface area contributed by atoms with Gasteiger partial charge in [0.25, 0.3) is 6.43 Å². The summed E-state index contributed by atoms with van der Waals surface area (Å²) in [5, 5.41) is 8.82. The van der Waals surface area contributed by atoms with E-state index in [9.17, 15) is 8.78 Å². The van der Waals surface area contributed by atoms with Crippen molar-refractivity contribution in [2.24, 2.45) is 5.73 Å². The van der Waals surface area contributed by atoms with Gasteiger partial charge >= 0.3 is 0 Å². The molecule has 17 heavy (non-hydrogen) atoms. The van der Waals surface area contributed by atoms with Crippen LogP contribution in [0.1, 0.15) is 30.0 Å². The summed E-state index contributed by atoms with van der Waals surface area (Å²) in [6.07, 6.45) is -2.31. The van der Waals surface area contributed by atoms with Crippen molar-refractivity contribution in [3.63, 3.8) is 0 Å². The van der Waals surface area contributed by atoms with Crippen molar-refractivity contribution in [2.45, 2.75) is 18.9 Å². The van der Waals surface area contributed by atoms with Crippen LogP contribution in [0.3, 0.4) is 0 Å². The molecule has 0 aliphatic carbocycles. The summed E-state index contributed by atoms with van der Waals surface area (Å²) in [7, 11) is 0. The SMILES string of the molecule is NC(CCO)c1cc(C(F)F)cc2c1OCO2.